The third kappa shape index (κ3) is 3.49. The summed E-state index contributed by atoms with van der Waals surface area (Å²) >= 11 is 6.14. The lowest BCUT2D eigenvalue weighted by Gasteiger charge is -2.09. The van der Waals surface area contributed by atoms with Gasteiger partial charge in [0, 0.05) is 11.5 Å². The minimum absolute atomic E-state index is 0.297. The van der Waals surface area contributed by atoms with Crippen LogP contribution in [0, 0.1) is 0 Å². The van der Waals surface area contributed by atoms with Crippen molar-refractivity contribution < 1.29 is 17.9 Å². The molecule has 0 saturated heterocycles. The van der Waals surface area contributed by atoms with Gasteiger partial charge < -0.3 is 4.74 Å². The molecule has 0 spiro atoms. The van der Waals surface area contributed by atoms with Gasteiger partial charge in [-0.3, -0.25) is 0 Å². The molecule has 24 heavy (non-hydrogen) atoms. The number of fused-ring (bicyclic) bond motifs is 1. The Kier molecular flexibility index (Phi) is 4.15. The number of rotatable bonds is 3. The van der Waals surface area contributed by atoms with Crippen LogP contribution in [0.3, 0.4) is 0 Å². The van der Waals surface area contributed by atoms with E-state index in [9.17, 15) is 13.2 Å². The van der Waals surface area contributed by atoms with E-state index in [0.717, 1.165) is 5.39 Å². The van der Waals surface area contributed by atoms with Crippen LogP contribution in [0.5, 0.6) is 5.75 Å². The average molecular weight is 352 g/mol. The molecule has 3 aromatic rings. The van der Waals surface area contributed by atoms with Gasteiger partial charge in [0.15, 0.2) is 0 Å². The van der Waals surface area contributed by atoms with Crippen LogP contribution in [0.1, 0.15) is 0 Å². The van der Waals surface area contributed by atoms with Crippen LogP contribution >= 0.6 is 11.6 Å². The van der Waals surface area contributed by atoms with Crippen molar-refractivity contribution in [1.29, 1.82) is 0 Å². The Bertz CT molecular complexity index is 908. The van der Waals surface area contributed by atoms with E-state index < -0.39 is 6.36 Å². The molecule has 3 nitrogen and oxygen atoms in total. The van der Waals surface area contributed by atoms with Crippen LogP contribution in [-0.4, -0.2) is 18.1 Å². The molecule has 122 valence electrons. The van der Waals surface area contributed by atoms with Crippen LogP contribution in [0.25, 0.3) is 10.9 Å². The maximum atomic E-state index is 12.2. The second-order valence-corrected chi connectivity index (χ2v) is 5.36. The highest BCUT2D eigenvalue weighted by Gasteiger charge is 2.31. The highest BCUT2D eigenvalue weighted by Crippen LogP contribution is 2.28. The maximum absolute atomic E-state index is 12.2. The normalized spacial score (nSPS) is 11.5. The monoisotopic (exact) mass is 351 g/mol. The molecule has 2 aromatic carbocycles. The molecule has 0 radical (unpaired) electrons. The number of para-hydroxylation sites is 1. The van der Waals surface area contributed by atoms with Gasteiger partial charge >= 0.3 is 12.2 Å². The molecule has 0 fully saturated rings. The van der Waals surface area contributed by atoms with Gasteiger partial charge in [-0.05, 0) is 41.4 Å². The first kappa shape index (κ1) is 16.3. The fourth-order valence-electron chi connectivity index (χ4n) is 2.21. The van der Waals surface area contributed by atoms with Gasteiger partial charge in [0.2, 0.25) is 5.52 Å². The second kappa shape index (κ2) is 6.13. The van der Waals surface area contributed by atoms with Gasteiger partial charge in [0.25, 0.3) is 0 Å². The van der Waals surface area contributed by atoms with Crippen LogP contribution in [0.2, 0.25) is 5.02 Å². The summed E-state index contributed by atoms with van der Waals surface area (Å²) < 4.78 is 41.9. The number of ether oxygens (including phenoxy) is 1. The van der Waals surface area contributed by atoms with Crippen LogP contribution in [0.4, 0.5) is 24.7 Å². The summed E-state index contributed by atoms with van der Waals surface area (Å²) in [6, 6.07) is 14.4. The van der Waals surface area contributed by atoms with Crippen LogP contribution in [-0.2, 0) is 0 Å². The van der Waals surface area contributed by atoms with E-state index in [2.05, 4.69) is 16.4 Å². The number of hydrogen-bond acceptors (Lipinski definition) is 2. The summed E-state index contributed by atoms with van der Waals surface area (Å²) in [5.41, 5.74) is 1.19. The van der Waals surface area contributed by atoms with Crippen molar-refractivity contribution in [2.24, 2.45) is 0 Å². The molecule has 0 saturated carbocycles. The minimum atomic E-state index is -4.72. The number of aromatic nitrogens is 1. The molecule has 0 aliphatic rings. The molecular weight excluding hydrogens is 341 g/mol. The number of benzene rings is 2. The van der Waals surface area contributed by atoms with E-state index in [0.29, 0.717) is 22.0 Å². The molecule has 0 aliphatic carbocycles. The summed E-state index contributed by atoms with van der Waals surface area (Å²) in [7, 11) is 0. The standard InChI is InChI=1S/C17H11ClF3N2O/c1-23(12-6-8-13(9-7-12)24-17(19,20)21)15-10-5-11-3-2-4-14(18)16(11)22-15/h2-10H,1H2/q+1. The molecule has 3 rings (SSSR count). The molecular formula is C17H11ClF3N2O+. The molecule has 0 amide bonds. The summed E-state index contributed by atoms with van der Waals surface area (Å²) in [4.78, 5) is 4.45. The fourth-order valence-corrected chi connectivity index (χ4v) is 2.44. The largest absolute Gasteiger partial charge is 0.573 e. The van der Waals surface area contributed by atoms with Gasteiger partial charge in [0.05, 0.1) is 11.7 Å². The summed E-state index contributed by atoms with van der Waals surface area (Å²) in [5.74, 6) is 0.217. The molecule has 0 N–H and O–H groups in total. The Balaban J connectivity index is 1.90. The molecule has 1 heterocycles. The predicted octanol–water partition coefficient (Wildman–Crippen LogP) is 5.32. The maximum Gasteiger partial charge on any atom is 0.573 e. The van der Waals surface area contributed by atoms with Gasteiger partial charge in [-0.2, -0.15) is 0 Å². The quantitative estimate of drug-likeness (QED) is 0.471. The summed E-state index contributed by atoms with van der Waals surface area (Å²) in [5, 5.41) is 1.39. The second-order valence-electron chi connectivity index (χ2n) is 4.95. The molecule has 0 bridgehead atoms. The van der Waals surface area contributed by atoms with E-state index >= 15 is 0 Å². The minimum Gasteiger partial charge on any atom is -0.406 e. The lowest BCUT2D eigenvalue weighted by Crippen LogP contribution is -2.17. The van der Waals surface area contributed by atoms with Crippen LogP contribution < -0.4 is 9.31 Å². The third-order valence-corrected chi connectivity index (χ3v) is 3.62. The van der Waals surface area contributed by atoms with E-state index in [1.165, 1.54) is 28.8 Å². The van der Waals surface area contributed by atoms with Crippen molar-refractivity contribution in [3.63, 3.8) is 0 Å². The number of hydrogen-bond donors (Lipinski definition) is 0. The lowest BCUT2D eigenvalue weighted by atomic mass is 10.2. The molecule has 0 unspecified atom stereocenters. The molecule has 1 aromatic heterocycles. The Labute approximate surface area is 140 Å². The molecule has 0 aliphatic heterocycles. The first-order chi connectivity index (χ1) is 11.3. The zero-order valence-corrected chi connectivity index (χ0v) is 13.0. The van der Waals surface area contributed by atoms with E-state index in [-0.39, 0.29) is 5.75 Å². The molecule has 0 atom stereocenters. The first-order valence-corrected chi connectivity index (χ1v) is 7.23. The van der Waals surface area contributed by atoms with Crippen molar-refractivity contribution in [1.82, 2.24) is 9.56 Å². The summed E-state index contributed by atoms with van der Waals surface area (Å²) in [6.45, 7) is 3.88. The van der Waals surface area contributed by atoms with Gasteiger partial charge in [-0.25, -0.2) is 4.58 Å². The molecule has 7 heteroatoms. The van der Waals surface area contributed by atoms with Crippen molar-refractivity contribution in [2.75, 3.05) is 0 Å². The summed E-state index contributed by atoms with van der Waals surface area (Å²) in [6.07, 6.45) is -4.72. The smallest absolute Gasteiger partial charge is 0.406 e. The fraction of sp³-hybridized carbons (Fsp3) is 0.0588. The van der Waals surface area contributed by atoms with E-state index in [1.54, 1.807) is 12.1 Å². The van der Waals surface area contributed by atoms with Crippen molar-refractivity contribution >= 4 is 40.7 Å². The van der Waals surface area contributed by atoms with Crippen molar-refractivity contribution in [3.05, 3.63) is 59.6 Å². The Morgan fingerprint density at radius 1 is 1.00 bits per heavy atom. The Morgan fingerprint density at radius 2 is 1.71 bits per heavy atom. The average Bonchev–Trinajstić information content (AvgIpc) is 2.53. The SMILES string of the molecule is C=[N+](c1ccc(OC(F)(F)F)cc1)c1ccc2cccc(Cl)c2n1. The van der Waals surface area contributed by atoms with Crippen LogP contribution in [0.15, 0.2) is 54.6 Å². The van der Waals surface area contributed by atoms with Crippen molar-refractivity contribution in [2.45, 2.75) is 6.36 Å². The number of halogens is 4. The zero-order valence-electron chi connectivity index (χ0n) is 12.2. The highest BCUT2D eigenvalue weighted by atomic mass is 35.5. The number of nitrogens with zero attached hydrogens (tertiary/aromatic N) is 2. The van der Waals surface area contributed by atoms with Gasteiger partial charge in [0.1, 0.15) is 11.4 Å². The lowest BCUT2D eigenvalue weighted by molar-refractivity contribution is -0.274. The van der Waals surface area contributed by atoms with E-state index in [4.69, 9.17) is 11.6 Å². The van der Waals surface area contributed by atoms with Gasteiger partial charge in [-0.15, -0.1) is 13.2 Å². The zero-order chi connectivity index (χ0) is 17.3. The highest BCUT2D eigenvalue weighted by molar-refractivity contribution is 6.35. The third-order valence-electron chi connectivity index (χ3n) is 3.31. The Hall–Kier alpha value is -2.60. The Morgan fingerprint density at radius 3 is 2.38 bits per heavy atom. The number of alkyl halides is 3. The number of pyridine rings is 1. The van der Waals surface area contributed by atoms with Crippen molar-refractivity contribution in [3.8, 4) is 5.75 Å². The van der Waals surface area contributed by atoms with Gasteiger partial charge in [-0.1, -0.05) is 23.7 Å². The topological polar surface area (TPSA) is 25.1 Å². The first-order valence-electron chi connectivity index (χ1n) is 6.85. The van der Waals surface area contributed by atoms with E-state index in [1.807, 2.05) is 18.2 Å². The predicted molar refractivity (Wildman–Crippen MR) is 88.5 cm³/mol.